The summed E-state index contributed by atoms with van der Waals surface area (Å²) in [6, 6.07) is 8.35. The van der Waals surface area contributed by atoms with Crippen molar-refractivity contribution >= 4 is 5.69 Å². The third-order valence-electron chi connectivity index (χ3n) is 4.01. The van der Waals surface area contributed by atoms with Gasteiger partial charge in [-0.05, 0) is 36.8 Å². The summed E-state index contributed by atoms with van der Waals surface area (Å²) in [4.78, 5) is 2.08. The highest BCUT2D eigenvalue weighted by Gasteiger charge is 2.34. The van der Waals surface area contributed by atoms with E-state index in [0.29, 0.717) is 5.41 Å². The van der Waals surface area contributed by atoms with Gasteiger partial charge in [-0.1, -0.05) is 19.9 Å². The molecule has 2 rings (SSSR count). The Morgan fingerprint density at radius 2 is 2.05 bits per heavy atom. The Hall–Kier alpha value is -1.22. The van der Waals surface area contributed by atoms with Crippen molar-refractivity contribution in [2.75, 3.05) is 19.0 Å². The van der Waals surface area contributed by atoms with Gasteiger partial charge in [0, 0.05) is 31.9 Å². The van der Waals surface area contributed by atoms with Crippen LogP contribution in [0.25, 0.3) is 0 Å². The molecular weight excluding hydrogens is 236 g/mol. The molecule has 0 bridgehead atoms. The van der Waals surface area contributed by atoms with E-state index < -0.39 is 0 Å². The largest absolute Gasteiger partial charge is 0.489 e. The minimum absolute atomic E-state index is 0.126. The molecule has 19 heavy (non-hydrogen) atoms. The Labute approximate surface area is 116 Å². The van der Waals surface area contributed by atoms with E-state index in [1.165, 1.54) is 6.42 Å². The van der Waals surface area contributed by atoms with Crippen LogP contribution in [0.3, 0.4) is 0 Å². The molecule has 0 amide bonds. The van der Waals surface area contributed by atoms with Crippen LogP contribution in [-0.4, -0.2) is 26.2 Å². The maximum absolute atomic E-state index is 6.21. The molecule has 1 aromatic carbocycles. The second kappa shape index (κ2) is 5.41. The van der Waals surface area contributed by atoms with E-state index in [2.05, 4.69) is 30.9 Å². The Kier molecular flexibility index (Phi) is 4.04. The summed E-state index contributed by atoms with van der Waals surface area (Å²) in [5.41, 5.74) is 7.70. The van der Waals surface area contributed by atoms with Crippen molar-refractivity contribution in [3.8, 4) is 5.75 Å². The molecule has 2 unspecified atom stereocenters. The molecule has 1 fully saturated rings. The van der Waals surface area contributed by atoms with Gasteiger partial charge in [-0.25, -0.2) is 0 Å². The summed E-state index contributed by atoms with van der Waals surface area (Å²) in [5, 5.41) is 0. The van der Waals surface area contributed by atoms with Crippen molar-refractivity contribution in [3.05, 3.63) is 24.3 Å². The molecule has 3 heteroatoms. The fourth-order valence-electron chi connectivity index (χ4n) is 2.68. The number of hydrogen-bond acceptors (Lipinski definition) is 3. The third-order valence-corrected chi connectivity index (χ3v) is 4.01. The summed E-state index contributed by atoms with van der Waals surface area (Å²) in [6.45, 7) is 4.59. The maximum Gasteiger partial charge on any atom is 0.121 e. The summed E-state index contributed by atoms with van der Waals surface area (Å²) >= 11 is 0. The first kappa shape index (κ1) is 14.2. The van der Waals surface area contributed by atoms with E-state index in [0.717, 1.165) is 24.3 Å². The van der Waals surface area contributed by atoms with Gasteiger partial charge in [0.05, 0.1) is 0 Å². The van der Waals surface area contributed by atoms with Crippen molar-refractivity contribution in [2.45, 2.75) is 45.3 Å². The Balaban J connectivity index is 2.09. The molecule has 0 heterocycles. The second-order valence-corrected chi connectivity index (χ2v) is 6.62. The van der Waals surface area contributed by atoms with Gasteiger partial charge in [0.1, 0.15) is 11.9 Å². The molecule has 1 aliphatic carbocycles. The highest BCUT2D eigenvalue weighted by Crippen LogP contribution is 2.36. The van der Waals surface area contributed by atoms with E-state index in [-0.39, 0.29) is 12.1 Å². The first-order valence-electron chi connectivity index (χ1n) is 7.07. The third kappa shape index (κ3) is 3.63. The predicted octanol–water partition coefficient (Wildman–Crippen LogP) is 3.04. The SMILES string of the molecule is CN(C)c1cccc(OC2CC(C)(C)CCC2N)c1. The molecular formula is C16H26N2O. The second-order valence-electron chi connectivity index (χ2n) is 6.62. The van der Waals surface area contributed by atoms with Crippen LogP contribution in [-0.2, 0) is 0 Å². The van der Waals surface area contributed by atoms with Gasteiger partial charge in [-0.3, -0.25) is 0 Å². The van der Waals surface area contributed by atoms with Crippen LogP contribution < -0.4 is 15.4 Å². The van der Waals surface area contributed by atoms with Crippen molar-refractivity contribution in [1.82, 2.24) is 0 Å². The molecule has 0 aromatic heterocycles. The quantitative estimate of drug-likeness (QED) is 0.910. The molecule has 3 nitrogen and oxygen atoms in total. The number of hydrogen-bond donors (Lipinski definition) is 1. The minimum atomic E-state index is 0.126. The molecule has 0 spiro atoms. The van der Waals surface area contributed by atoms with E-state index in [1.54, 1.807) is 0 Å². The van der Waals surface area contributed by atoms with E-state index in [1.807, 2.05) is 26.2 Å². The maximum atomic E-state index is 6.21. The fourth-order valence-corrected chi connectivity index (χ4v) is 2.68. The van der Waals surface area contributed by atoms with Crippen molar-refractivity contribution in [3.63, 3.8) is 0 Å². The monoisotopic (exact) mass is 262 g/mol. The number of ether oxygens (including phenoxy) is 1. The summed E-state index contributed by atoms with van der Waals surface area (Å²) < 4.78 is 6.14. The number of nitrogens with zero attached hydrogens (tertiary/aromatic N) is 1. The summed E-state index contributed by atoms with van der Waals surface area (Å²) in [7, 11) is 4.07. The van der Waals surface area contributed by atoms with Gasteiger partial charge >= 0.3 is 0 Å². The zero-order valence-corrected chi connectivity index (χ0v) is 12.5. The lowest BCUT2D eigenvalue weighted by molar-refractivity contribution is 0.0669. The molecule has 0 aliphatic heterocycles. The lowest BCUT2D eigenvalue weighted by atomic mass is 9.74. The highest BCUT2D eigenvalue weighted by atomic mass is 16.5. The molecule has 0 radical (unpaired) electrons. The van der Waals surface area contributed by atoms with Gasteiger partial charge in [0.25, 0.3) is 0 Å². The van der Waals surface area contributed by atoms with E-state index in [4.69, 9.17) is 10.5 Å². The standard InChI is InChI=1S/C16H26N2O/c1-16(2)9-8-14(17)15(11-16)19-13-7-5-6-12(10-13)18(3)4/h5-7,10,14-15H,8-9,11,17H2,1-4H3. The smallest absolute Gasteiger partial charge is 0.121 e. The van der Waals surface area contributed by atoms with Gasteiger partial charge in [0.15, 0.2) is 0 Å². The van der Waals surface area contributed by atoms with Gasteiger partial charge < -0.3 is 15.4 Å². The first-order chi connectivity index (χ1) is 8.87. The summed E-state index contributed by atoms with van der Waals surface area (Å²) in [5.74, 6) is 0.921. The average Bonchev–Trinajstić information content (AvgIpc) is 2.34. The van der Waals surface area contributed by atoms with E-state index >= 15 is 0 Å². The van der Waals surface area contributed by atoms with Gasteiger partial charge in [-0.2, -0.15) is 0 Å². The lowest BCUT2D eigenvalue weighted by Crippen LogP contribution is -2.46. The number of rotatable bonds is 3. The highest BCUT2D eigenvalue weighted by molar-refractivity contribution is 5.49. The number of nitrogens with two attached hydrogens (primary N) is 1. The fraction of sp³-hybridized carbons (Fsp3) is 0.625. The zero-order valence-electron chi connectivity index (χ0n) is 12.5. The molecule has 1 aromatic rings. The van der Waals surface area contributed by atoms with Crippen LogP contribution in [0.1, 0.15) is 33.1 Å². The van der Waals surface area contributed by atoms with Crippen LogP contribution in [0.2, 0.25) is 0 Å². The molecule has 2 N–H and O–H groups in total. The zero-order chi connectivity index (χ0) is 14.0. The molecule has 0 saturated heterocycles. The molecule has 1 saturated carbocycles. The molecule has 106 valence electrons. The number of anilines is 1. The average molecular weight is 262 g/mol. The number of benzene rings is 1. The lowest BCUT2D eigenvalue weighted by Gasteiger charge is -2.39. The molecule has 1 aliphatic rings. The van der Waals surface area contributed by atoms with Crippen LogP contribution in [0.4, 0.5) is 5.69 Å². The van der Waals surface area contributed by atoms with Gasteiger partial charge in [-0.15, -0.1) is 0 Å². The van der Waals surface area contributed by atoms with E-state index in [9.17, 15) is 0 Å². The minimum Gasteiger partial charge on any atom is -0.489 e. The van der Waals surface area contributed by atoms with Crippen LogP contribution >= 0.6 is 0 Å². The Morgan fingerprint density at radius 1 is 1.32 bits per heavy atom. The molecule has 2 atom stereocenters. The van der Waals surface area contributed by atoms with Crippen LogP contribution in [0, 0.1) is 5.41 Å². The van der Waals surface area contributed by atoms with Crippen LogP contribution in [0.15, 0.2) is 24.3 Å². The topological polar surface area (TPSA) is 38.5 Å². The Morgan fingerprint density at radius 3 is 2.74 bits per heavy atom. The van der Waals surface area contributed by atoms with Crippen LogP contribution in [0.5, 0.6) is 5.75 Å². The Bertz CT molecular complexity index is 429. The first-order valence-corrected chi connectivity index (χ1v) is 7.07. The van der Waals surface area contributed by atoms with Crippen molar-refractivity contribution in [2.24, 2.45) is 11.1 Å². The van der Waals surface area contributed by atoms with Crippen molar-refractivity contribution in [1.29, 1.82) is 0 Å². The normalized spacial score (nSPS) is 25.9. The predicted molar refractivity (Wildman–Crippen MR) is 80.8 cm³/mol. The van der Waals surface area contributed by atoms with Crippen molar-refractivity contribution < 1.29 is 4.74 Å². The van der Waals surface area contributed by atoms with Gasteiger partial charge in [0.2, 0.25) is 0 Å². The summed E-state index contributed by atoms with van der Waals surface area (Å²) in [6.07, 6.45) is 3.39.